The maximum atomic E-state index is 13.4. The molecule has 0 aliphatic heterocycles. The first-order chi connectivity index (χ1) is 10.2. The van der Waals surface area contributed by atoms with Crippen LogP contribution in [0.5, 0.6) is 0 Å². The van der Waals surface area contributed by atoms with Crippen molar-refractivity contribution in [1.29, 1.82) is 0 Å². The molecule has 3 heteroatoms. The van der Waals surface area contributed by atoms with Gasteiger partial charge in [-0.15, -0.1) is 0 Å². The summed E-state index contributed by atoms with van der Waals surface area (Å²) in [5, 5.41) is 3.55. The minimum atomic E-state index is -0.378. The molecule has 1 fully saturated rings. The molecule has 0 amide bonds. The van der Waals surface area contributed by atoms with E-state index in [1.165, 1.54) is 18.9 Å². The molecule has 1 aromatic rings. The van der Waals surface area contributed by atoms with Crippen molar-refractivity contribution in [2.75, 3.05) is 12.3 Å². The van der Waals surface area contributed by atoms with Crippen LogP contribution in [0.3, 0.4) is 0 Å². The molecule has 3 N–H and O–H groups in total. The normalized spacial score (nSPS) is 17.1. The number of benzene rings is 1. The molecule has 0 spiro atoms. The molecule has 112 valence electrons. The van der Waals surface area contributed by atoms with Crippen molar-refractivity contribution in [1.82, 2.24) is 5.32 Å². The van der Waals surface area contributed by atoms with E-state index in [2.05, 4.69) is 11.9 Å². The predicted molar refractivity (Wildman–Crippen MR) is 87.4 cm³/mol. The summed E-state index contributed by atoms with van der Waals surface area (Å²) < 4.78 is 13.4. The first-order valence-electron chi connectivity index (χ1n) is 7.39. The van der Waals surface area contributed by atoms with Gasteiger partial charge in [0.15, 0.2) is 0 Å². The Morgan fingerprint density at radius 3 is 2.86 bits per heavy atom. The molecule has 1 aliphatic rings. The molecule has 0 bridgehead atoms. The highest BCUT2D eigenvalue weighted by Crippen LogP contribution is 2.31. The van der Waals surface area contributed by atoms with Gasteiger partial charge in [-0.2, -0.15) is 0 Å². The van der Waals surface area contributed by atoms with Crippen LogP contribution in [-0.2, 0) is 0 Å². The monoisotopic (exact) mass is 286 g/mol. The zero-order chi connectivity index (χ0) is 15.2. The Balaban J connectivity index is 2.28. The van der Waals surface area contributed by atoms with Crippen LogP contribution in [0.1, 0.15) is 31.4 Å². The van der Waals surface area contributed by atoms with Crippen LogP contribution in [0.4, 0.5) is 10.1 Å². The average Bonchev–Trinajstić information content (AvgIpc) is 3.30. The van der Waals surface area contributed by atoms with E-state index in [1.54, 1.807) is 12.1 Å². The lowest BCUT2D eigenvalue weighted by atomic mass is 9.97. The minimum absolute atomic E-state index is 0.0119. The zero-order valence-corrected chi connectivity index (χ0v) is 12.5. The quantitative estimate of drug-likeness (QED) is 0.584. The van der Waals surface area contributed by atoms with Crippen molar-refractivity contribution in [2.24, 2.45) is 5.92 Å². The lowest BCUT2D eigenvalue weighted by Gasteiger charge is -2.21. The molecule has 21 heavy (non-hydrogen) atoms. The van der Waals surface area contributed by atoms with E-state index in [9.17, 15) is 4.39 Å². The summed E-state index contributed by atoms with van der Waals surface area (Å²) in [4.78, 5) is 0. The van der Waals surface area contributed by atoms with Gasteiger partial charge >= 0.3 is 0 Å². The maximum Gasteiger partial charge on any atom is 0.146 e. The van der Waals surface area contributed by atoms with Gasteiger partial charge in [0, 0.05) is 0 Å². The summed E-state index contributed by atoms with van der Waals surface area (Å²) in [5.41, 5.74) is 7.91. The number of nitrogen functional groups attached to an aromatic ring is 1. The van der Waals surface area contributed by atoms with Crippen molar-refractivity contribution < 1.29 is 4.39 Å². The molecule has 1 aromatic carbocycles. The molecule has 1 unspecified atom stereocenters. The highest BCUT2D eigenvalue weighted by molar-refractivity contribution is 5.46. The van der Waals surface area contributed by atoms with E-state index in [-0.39, 0.29) is 17.5 Å². The van der Waals surface area contributed by atoms with Crippen molar-refractivity contribution in [3.63, 3.8) is 0 Å². The summed E-state index contributed by atoms with van der Waals surface area (Å²) in [5.74, 6) is 0.385. The largest absolute Gasteiger partial charge is 0.396 e. The van der Waals surface area contributed by atoms with E-state index in [0.29, 0.717) is 0 Å². The number of anilines is 1. The number of rotatable bonds is 7. The highest BCUT2D eigenvalue weighted by atomic mass is 19.1. The Hall–Kier alpha value is -1.87. The fourth-order valence-corrected chi connectivity index (χ4v) is 2.27. The van der Waals surface area contributed by atoms with Gasteiger partial charge in [-0.25, -0.2) is 4.39 Å². The van der Waals surface area contributed by atoms with Crippen LogP contribution in [0.15, 0.2) is 54.7 Å². The molecule has 1 atom stereocenters. The Bertz CT molecular complexity index is 556. The van der Waals surface area contributed by atoms with Crippen molar-refractivity contribution in [3.05, 3.63) is 66.0 Å². The van der Waals surface area contributed by atoms with Crippen LogP contribution >= 0.6 is 0 Å². The number of nitrogens with one attached hydrogen (secondary N) is 1. The molecule has 1 aliphatic carbocycles. The Labute approximate surface area is 126 Å². The SMILES string of the molecule is C=C/C(=C\C=C/C)C(NCC1CC1)c1ccc(F)c(N)c1. The first-order valence-corrected chi connectivity index (χ1v) is 7.39. The van der Waals surface area contributed by atoms with E-state index < -0.39 is 0 Å². The van der Waals surface area contributed by atoms with Gasteiger partial charge in [-0.3, -0.25) is 0 Å². The summed E-state index contributed by atoms with van der Waals surface area (Å²) in [6, 6.07) is 4.89. The van der Waals surface area contributed by atoms with Crippen LogP contribution < -0.4 is 11.1 Å². The van der Waals surface area contributed by atoms with Crippen molar-refractivity contribution >= 4 is 5.69 Å². The van der Waals surface area contributed by atoms with Gasteiger partial charge in [-0.05, 0) is 55.5 Å². The average molecular weight is 286 g/mol. The molecule has 0 radical (unpaired) electrons. The number of nitrogens with two attached hydrogens (primary N) is 1. The topological polar surface area (TPSA) is 38.0 Å². The molecular weight excluding hydrogens is 263 g/mol. The maximum absolute atomic E-state index is 13.4. The molecule has 1 saturated carbocycles. The Morgan fingerprint density at radius 2 is 2.29 bits per heavy atom. The first kappa shape index (κ1) is 15.5. The van der Waals surface area contributed by atoms with Crippen LogP contribution in [0.25, 0.3) is 0 Å². The minimum Gasteiger partial charge on any atom is -0.396 e. The Kier molecular flexibility index (Phi) is 5.34. The summed E-state index contributed by atoms with van der Waals surface area (Å²) in [6.07, 6.45) is 10.4. The fraction of sp³-hybridized carbons (Fsp3) is 0.333. The predicted octanol–water partition coefficient (Wildman–Crippen LogP) is 4.14. The van der Waals surface area contributed by atoms with Gasteiger partial charge in [0.1, 0.15) is 5.82 Å². The standard InChI is InChI=1S/C18H23FN2/c1-3-5-6-14(4-2)18(21-12-13-7-8-13)15-9-10-16(19)17(20)11-15/h3-6,9-11,13,18,21H,2,7-8,12,20H2,1H3/b5-3-,14-6+. The smallest absolute Gasteiger partial charge is 0.146 e. The number of halogens is 1. The lowest BCUT2D eigenvalue weighted by molar-refractivity contribution is 0.571. The molecule has 0 saturated heterocycles. The molecule has 0 aromatic heterocycles. The second-order valence-electron chi connectivity index (χ2n) is 5.46. The lowest BCUT2D eigenvalue weighted by Crippen LogP contribution is -2.25. The third-order valence-electron chi connectivity index (χ3n) is 3.71. The summed E-state index contributed by atoms with van der Waals surface area (Å²) >= 11 is 0. The Morgan fingerprint density at radius 1 is 1.52 bits per heavy atom. The van der Waals surface area contributed by atoms with Gasteiger partial charge in [0.05, 0.1) is 11.7 Å². The van der Waals surface area contributed by atoms with Crippen molar-refractivity contribution in [2.45, 2.75) is 25.8 Å². The molecule has 0 heterocycles. The highest BCUT2D eigenvalue weighted by Gasteiger charge is 2.23. The van der Waals surface area contributed by atoms with Crippen molar-refractivity contribution in [3.8, 4) is 0 Å². The van der Waals surface area contributed by atoms with Crippen LogP contribution in [-0.4, -0.2) is 6.54 Å². The summed E-state index contributed by atoms with van der Waals surface area (Å²) in [7, 11) is 0. The van der Waals surface area contributed by atoms with E-state index in [4.69, 9.17) is 5.73 Å². The third kappa shape index (κ3) is 4.30. The van der Waals surface area contributed by atoms with E-state index in [0.717, 1.165) is 23.6 Å². The third-order valence-corrected chi connectivity index (χ3v) is 3.71. The number of hydrogen-bond acceptors (Lipinski definition) is 2. The van der Waals surface area contributed by atoms with E-state index in [1.807, 2.05) is 31.2 Å². The van der Waals surface area contributed by atoms with Crippen LogP contribution in [0, 0.1) is 11.7 Å². The second kappa shape index (κ2) is 7.23. The number of allylic oxidation sites excluding steroid dienone is 3. The van der Waals surface area contributed by atoms with Gasteiger partial charge in [0.2, 0.25) is 0 Å². The molecule has 2 rings (SSSR count). The summed E-state index contributed by atoms with van der Waals surface area (Å²) in [6.45, 7) is 6.83. The van der Waals surface area contributed by atoms with Gasteiger partial charge in [0.25, 0.3) is 0 Å². The second-order valence-corrected chi connectivity index (χ2v) is 5.46. The number of hydrogen-bond donors (Lipinski definition) is 2. The molecule has 2 nitrogen and oxygen atoms in total. The van der Waals surface area contributed by atoms with Crippen LogP contribution in [0.2, 0.25) is 0 Å². The van der Waals surface area contributed by atoms with Gasteiger partial charge in [-0.1, -0.05) is 36.9 Å². The van der Waals surface area contributed by atoms with Gasteiger partial charge < -0.3 is 11.1 Å². The van der Waals surface area contributed by atoms with E-state index >= 15 is 0 Å². The zero-order valence-electron chi connectivity index (χ0n) is 12.5. The fourth-order valence-electron chi connectivity index (χ4n) is 2.27. The molecular formula is C18H23FN2.